The highest BCUT2D eigenvalue weighted by molar-refractivity contribution is 7.09. The van der Waals surface area contributed by atoms with Gasteiger partial charge in [-0.15, -0.1) is 11.3 Å². The van der Waals surface area contributed by atoms with Crippen LogP contribution in [0.15, 0.2) is 54.7 Å². The predicted octanol–water partition coefficient (Wildman–Crippen LogP) is 3.04. The number of pyridine rings is 1. The molecule has 0 atom stereocenters. The number of nitrogens with zero attached hydrogens (tertiary/aromatic N) is 7. The van der Waals surface area contributed by atoms with Gasteiger partial charge in [-0.1, -0.05) is 6.07 Å². The van der Waals surface area contributed by atoms with Gasteiger partial charge in [-0.2, -0.15) is 0 Å². The maximum absolute atomic E-state index is 12.9. The molecule has 0 aromatic carbocycles. The van der Waals surface area contributed by atoms with Crippen LogP contribution in [-0.4, -0.2) is 39.8 Å². The summed E-state index contributed by atoms with van der Waals surface area (Å²) in [5.74, 6) is 0.328. The molecule has 9 nitrogen and oxygen atoms in total. The van der Waals surface area contributed by atoms with E-state index in [0.29, 0.717) is 35.0 Å². The molecule has 32 heavy (non-hydrogen) atoms. The minimum atomic E-state index is -0.278. The van der Waals surface area contributed by atoms with Crippen LogP contribution in [0.1, 0.15) is 32.6 Å². The molecule has 1 N–H and O–H groups in total. The van der Waals surface area contributed by atoms with Gasteiger partial charge in [0.2, 0.25) is 0 Å². The maximum atomic E-state index is 12.9. The molecule has 0 bridgehead atoms. The van der Waals surface area contributed by atoms with Crippen molar-refractivity contribution >= 4 is 22.8 Å². The smallest absolute Gasteiger partial charge is 0.272 e. The second-order valence-electron chi connectivity index (χ2n) is 7.36. The zero-order valence-electron chi connectivity index (χ0n) is 17.6. The predicted molar refractivity (Wildman–Crippen MR) is 120 cm³/mol. The van der Waals surface area contributed by atoms with Crippen LogP contribution in [0.5, 0.6) is 0 Å². The zero-order valence-corrected chi connectivity index (χ0v) is 18.4. The number of hydrogen-bond acceptors (Lipinski definition) is 7. The Morgan fingerprint density at radius 1 is 1.09 bits per heavy atom. The van der Waals surface area contributed by atoms with E-state index in [1.165, 1.54) is 0 Å². The van der Waals surface area contributed by atoms with Crippen LogP contribution in [-0.2, 0) is 13.1 Å². The van der Waals surface area contributed by atoms with Crippen LogP contribution >= 0.6 is 11.3 Å². The number of thiazole rings is 1. The third kappa shape index (κ3) is 4.00. The first-order valence-electron chi connectivity index (χ1n) is 10.0. The molecule has 1 amide bonds. The molecule has 0 radical (unpaired) electrons. The van der Waals surface area contributed by atoms with E-state index in [2.05, 4.69) is 30.2 Å². The largest absolute Gasteiger partial charge is 0.345 e. The van der Waals surface area contributed by atoms with Crippen LogP contribution in [0, 0.1) is 13.8 Å². The minimum absolute atomic E-state index is 0.273. The van der Waals surface area contributed by atoms with E-state index in [9.17, 15) is 4.79 Å². The number of fused-ring (bicyclic) bond motifs is 1. The second kappa shape index (κ2) is 8.31. The SMILES string of the molecule is Cc1cnc(CNC(=O)c2nc(-c3cn(Cc4csc(C)n4)cn3)n3ccccc23)cn1. The highest BCUT2D eigenvalue weighted by Crippen LogP contribution is 2.22. The number of rotatable bonds is 6. The molecule has 5 heterocycles. The van der Waals surface area contributed by atoms with E-state index in [1.54, 1.807) is 30.1 Å². The number of carbonyl (C=O) groups is 1. The lowest BCUT2D eigenvalue weighted by atomic mass is 10.3. The third-order valence-electron chi connectivity index (χ3n) is 4.90. The minimum Gasteiger partial charge on any atom is -0.345 e. The molecule has 0 unspecified atom stereocenters. The summed E-state index contributed by atoms with van der Waals surface area (Å²) < 4.78 is 3.84. The quantitative estimate of drug-likeness (QED) is 0.432. The Balaban J connectivity index is 1.41. The molecule has 5 aromatic rings. The fraction of sp³-hybridized carbons (Fsp3) is 0.182. The lowest BCUT2D eigenvalue weighted by molar-refractivity contribution is 0.0947. The molecule has 5 aromatic heterocycles. The number of aromatic nitrogens is 7. The van der Waals surface area contributed by atoms with E-state index in [4.69, 9.17) is 0 Å². The van der Waals surface area contributed by atoms with Crippen LogP contribution in [0.25, 0.3) is 17.0 Å². The average molecular weight is 445 g/mol. The second-order valence-corrected chi connectivity index (χ2v) is 8.42. The van der Waals surface area contributed by atoms with Gasteiger partial charge in [-0.25, -0.2) is 15.0 Å². The highest BCUT2D eigenvalue weighted by atomic mass is 32.1. The standard InChI is InChI=1S/C22H20N8OS/c1-14-7-24-16(8-23-14)9-25-22(31)20-19-5-3-4-6-30(19)21(28-20)18-11-29(13-26-18)10-17-12-32-15(2)27-17/h3-8,11-13H,9-10H2,1-2H3,(H,25,31). The summed E-state index contributed by atoms with van der Waals surface area (Å²) in [6, 6.07) is 5.65. The van der Waals surface area contributed by atoms with Crippen molar-refractivity contribution in [2.45, 2.75) is 26.9 Å². The van der Waals surface area contributed by atoms with Gasteiger partial charge >= 0.3 is 0 Å². The fourth-order valence-corrected chi connectivity index (χ4v) is 3.98. The van der Waals surface area contributed by atoms with Crippen LogP contribution < -0.4 is 5.32 Å². The number of hydrogen-bond donors (Lipinski definition) is 1. The number of imidazole rings is 2. The number of aryl methyl sites for hydroxylation is 2. The van der Waals surface area contributed by atoms with Gasteiger partial charge in [0, 0.05) is 24.0 Å². The Bertz CT molecular complexity index is 1400. The molecule has 0 aliphatic heterocycles. The van der Waals surface area contributed by atoms with E-state index >= 15 is 0 Å². The van der Waals surface area contributed by atoms with Crippen LogP contribution in [0.2, 0.25) is 0 Å². The zero-order chi connectivity index (χ0) is 22.1. The summed E-state index contributed by atoms with van der Waals surface area (Å²) in [7, 11) is 0. The number of nitrogens with one attached hydrogen (secondary N) is 1. The Labute approximate surface area is 187 Å². The summed E-state index contributed by atoms with van der Waals surface area (Å²) in [4.78, 5) is 35.1. The monoisotopic (exact) mass is 444 g/mol. The normalized spacial score (nSPS) is 11.2. The molecule has 0 fully saturated rings. The summed E-state index contributed by atoms with van der Waals surface area (Å²) in [6.07, 6.45) is 8.88. The van der Waals surface area contributed by atoms with Crippen molar-refractivity contribution in [3.05, 3.63) is 82.5 Å². The number of carbonyl (C=O) groups excluding carboxylic acids is 1. The van der Waals surface area contributed by atoms with Crippen molar-refractivity contribution in [3.8, 4) is 11.5 Å². The van der Waals surface area contributed by atoms with Gasteiger partial charge in [0.15, 0.2) is 11.5 Å². The van der Waals surface area contributed by atoms with Crippen molar-refractivity contribution in [3.63, 3.8) is 0 Å². The van der Waals surface area contributed by atoms with Crippen LogP contribution in [0.4, 0.5) is 0 Å². The summed E-state index contributed by atoms with van der Waals surface area (Å²) in [5.41, 5.74) is 4.23. The van der Waals surface area contributed by atoms with E-state index in [1.807, 2.05) is 58.8 Å². The molecular formula is C22H20N8OS. The van der Waals surface area contributed by atoms with Gasteiger partial charge in [0.05, 0.1) is 53.2 Å². The number of amides is 1. The summed E-state index contributed by atoms with van der Waals surface area (Å²) >= 11 is 1.62. The van der Waals surface area contributed by atoms with Gasteiger partial charge in [0.1, 0.15) is 5.69 Å². The van der Waals surface area contributed by atoms with E-state index in [0.717, 1.165) is 16.4 Å². The molecule has 160 valence electrons. The molecule has 0 spiro atoms. The average Bonchev–Trinajstić information content (AvgIpc) is 3.52. The van der Waals surface area contributed by atoms with Gasteiger partial charge in [-0.05, 0) is 26.0 Å². The lowest BCUT2D eigenvalue weighted by Crippen LogP contribution is -2.24. The highest BCUT2D eigenvalue weighted by Gasteiger charge is 2.19. The molecular weight excluding hydrogens is 424 g/mol. The molecule has 10 heteroatoms. The molecule has 5 rings (SSSR count). The lowest BCUT2D eigenvalue weighted by Gasteiger charge is -2.03. The maximum Gasteiger partial charge on any atom is 0.272 e. The molecule has 0 aliphatic carbocycles. The first-order valence-corrected chi connectivity index (χ1v) is 10.9. The van der Waals surface area contributed by atoms with Crippen molar-refractivity contribution in [1.29, 1.82) is 0 Å². The Morgan fingerprint density at radius 3 is 2.78 bits per heavy atom. The van der Waals surface area contributed by atoms with Gasteiger partial charge in [0.25, 0.3) is 5.91 Å². The van der Waals surface area contributed by atoms with Gasteiger partial charge < -0.3 is 9.88 Å². The van der Waals surface area contributed by atoms with E-state index < -0.39 is 0 Å². The van der Waals surface area contributed by atoms with Crippen molar-refractivity contribution in [2.75, 3.05) is 0 Å². The van der Waals surface area contributed by atoms with E-state index in [-0.39, 0.29) is 12.5 Å². The van der Waals surface area contributed by atoms with Crippen molar-refractivity contribution in [1.82, 2.24) is 39.2 Å². The van der Waals surface area contributed by atoms with Crippen LogP contribution in [0.3, 0.4) is 0 Å². The fourth-order valence-electron chi connectivity index (χ4n) is 3.38. The molecule has 0 saturated heterocycles. The van der Waals surface area contributed by atoms with Crippen molar-refractivity contribution in [2.24, 2.45) is 0 Å². The first-order chi connectivity index (χ1) is 15.6. The van der Waals surface area contributed by atoms with Crippen molar-refractivity contribution < 1.29 is 4.79 Å². The topological polar surface area (TPSA) is 103 Å². The Morgan fingerprint density at radius 2 is 2.00 bits per heavy atom. The molecule has 0 saturated carbocycles. The Hall–Kier alpha value is -3.92. The molecule has 0 aliphatic rings. The summed E-state index contributed by atoms with van der Waals surface area (Å²) in [6.45, 7) is 4.76. The Kier molecular flexibility index (Phi) is 5.20. The third-order valence-corrected chi connectivity index (χ3v) is 5.72. The first kappa shape index (κ1) is 20.0. The summed E-state index contributed by atoms with van der Waals surface area (Å²) in [5, 5.41) is 5.96. The van der Waals surface area contributed by atoms with Gasteiger partial charge in [-0.3, -0.25) is 19.2 Å².